The first-order valence-electron chi connectivity index (χ1n) is 5.51. The highest BCUT2D eigenvalue weighted by Crippen LogP contribution is 2.10. The van der Waals surface area contributed by atoms with Gasteiger partial charge in [-0.15, -0.1) is 0 Å². The van der Waals surface area contributed by atoms with Crippen molar-refractivity contribution < 1.29 is 9.53 Å². The molecule has 0 fully saturated rings. The molecule has 4 nitrogen and oxygen atoms in total. The fourth-order valence-corrected chi connectivity index (χ4v) is 1.57. The van der Waals surface area contributed by atoms with Crippen LogP contribution in [0.25, 0.3) is 10.9 Å². The monoisotopic (exact) mass is 231 g/mol. The highest BCUT2D eigenvalue weighted by atomic mass is 16.5. The van der Waals surface area contributed by atoms with Crippen molar-refractivity contribution in [2.24, 2.45) is 0 Å². The maximum atomic E-state index is 11.7. The van der Waals surface area contributed by atoms with Crippen molar-refractivity contribution in [2.45, 2.75) is 13.3 Å². The standard InChI is InChI=1S/C13H13NO3/c1-2-7-17-13(16)10-8-9-5-3-4-6-11(9)14-12(10)15/h3-6,8H,2,7H2,1H3,(H,14,15). The molecule has 1 heterocycles. The minimum Gasteiger partial charge on any atom is -0.462 e. The van der Waals surface area contributed by atoms with Crippen LogP contribution in [0.4, 0.5) is 0 Å². The van der Waals surface area contributed by atoms with Crippen LogP contribution in [-0.4, -0.2) is 17.6 Å². The maximum absolute atomic E-state index is 11.7. The number of para-hydroxylation sites is 1. The number of hydrogen-bond donors (Lipinski definition) is 1. The van der Waals surface area contributed by atoms with Gasteiger partial charge in [-0.25, -0.2) is 4.79 Å². The first-order chi connectivity index (χ1) is 8.22. The summed E-state index contributed by atoms with van der Waals surface area (Å²) in [5.74, 6) is -0.571. The van der Waals surface area contributed by atoms with E-state index in [1.165, 1.54) is 0 Å². The summed E-state index contributed by atoms with van der Waals surface area (Å²) in [5, 5.41) is 0.815. The Morgan fingerprint density at radius 2 is 2.12 bits per heavy atom. The molecule has 17 heavy (non-hydrogen) atoms. The van der Waals surface area contributed by atoms with Gasteiger partial charge in [0.2, 0.25) is 0 Å². The average molecular weight is 231 g/mol. The van der Waals surface area contributed by atoms with Crippen LogP contribution >= 0.6 is 0 Å². The first kappa shape index (κ1) is 11.4. The molecule has 0 spiro atoms. The van der Waals surface area contributed by atoms with Crippen LogP contribution in [0.5, 0.6) is 0 Å². The zero-order valence-corrected chi connectivity index (χ0v) is 9.53. The lowest BCUT2D eigenvalue weighted by molar-refractivity contribution is 0.0503. The smallest absolute Gasteiger partial charge is 0.343 e. The number of fused-ring (bicyclic) bond motifs is 1. The topological polar surface area (TPSA) is 59.2 Å². The van der Waals surface area contributed by atoms with Crippen LogP contribution in [0.15, 0.2) is 35.1 Å². The van der Waals surface area contributed by atoms with Crippen molar-refractivity contribution in [3.05, 3.63) is 46.2 Å². The van der Waals surface area contributed by atoms with Gasteiger partial charge in [0.15, 0.2) is 0 Å². The zero-order chi connectivity index (χ0) is 12.3. The zero-order valence-electron chi connectivity index (χ0n) is 9.53. The molecule has 0 radical (unpaired) electrons. The quantitative estimate of drug-likeness (QED) is 0.823. The van der Waals surface area contributed by atoms with Gasteiger partial charge in [-0.2, -0.15) is 0 Å². The second-order valence-electron chi connectivity index (χ2n) is 3.74. The second kappa shape index (κ2) is 4.82. The molecule has 0 aliphatic heterocycles. The summed E-state index contributed by atoms with van der Waals surface area (Å²) in [4.78, 5) is 26.0. The number of carbonyl (C=O) groups excluding carboxylic acids is 1. The number of benzene rings is 1. The number of ether oxygens (including phenoxy) is 1. The number of nitrogens with one attached hydrogen (secondary N) is 1. The molecule has 0 atom stereocenters. The van der Waals surface area contributed by atoms with Crippen LogP contribution in [0.2, 0.25) is 0 Å². The number of aromatic amines is 1. The van der Waals surface area contributed by atoms with Crippen molar-refractivity contribution >= 4 is 16.9 Å². The summed E-state index contributed by atoms with van der Waals surface area (Å²) in [6, 6.07) is 8.86. The molecule has 0 bridgehead atoms. The summed E-state index contributed by atoms with van der Waals surface area (Å²) in [6.07, 6.45) is 0.733. The Balaban J connectivity index is 2.44. The number of esters is 1. The van der Waals surface area contributed by atoms with E-state index < -0.39 is 11.5 Å². The molecule has 0 unspecified atom stereocenters. The molecular formula is C13H13NO3. The third-order valence-corrected chi connectivity index (χ3v) is 2.41. The Bertz CT molecular complexity index is 601. The van der Waals surface area contributed by atoms with Gasteiger partial charge in [-0.3, -0.25) is 4.79 Å². The van der Waals surface area contributed by atoms with Gasteiger partial charge in [0.1, 0.15) is 5.56 Å². The van der Waals surface area contributed by atoms with E-state index in [9.17, 15) is 9.59 Å². The highest BCUT2D eigenvalue weighted by Gasteiger charge is 2.12. The molecule has 2 aromatic rings. The second-order valence-corrected chi connectivity index (χ2v) is 3.74. The van der Waals surface area contributed by atoms with Crippen LogP contribution < -0.4 is 5.56 Å². The molecule has 4 heteroatoms. The van der Waals surface area contributed by atoms with E-state index in [1.807, 2.05) is 25.1 Å². The third-order valence-electron chi connectivity index (χ3n) is 2.41. The summed E-state index contributed by atoms with van der Waals surface area (Å²) >= 11 is 0. The van der Waals surface area contributed by atoms with Crippen LogP contribution in [-0.2, 0) is 4.74 Å². The molecular weight excluding hydrogens is 218 g/mol. The summed E-state index contributed by atoms with van der Waals surface area (Å²) < 4.78 is 4.95. The van der Waals surface area contributed by atoms with Crippen molar-refractivity contribution in [3.8, 4) is 0 Å². The average Bonchev–Trinajstić information content (AvgIpc) is 2.35. The highest BCUT2D eigenvalue weighted by molar-refractivity contribution is 5.93. The van der Waals surface area contributed by atoms with E-state index in [2.05, 4.69) is 4.98 Å². The normalized spacial score (nSPS) is 10.4. The van der Waals surface area contributed by atoms with Crippen molar-refractivity contribution in [1.82, 2.24) is 4.98 Å². The minimum absolute atomic E-state index is 0.0529. The third kappa shape index (κ3) is 2.36. The predicted octanol–water partition coefficient (Wildman–Crippen LogP) is 2.09. The molecule has 1 aromatic carbocycles. The van der Waals surface area contributed by atoms with E-state index >= 15 is 0 Å². The molecule has 0 aliphatic rings. The van der Waals surface area contributed by atoms with Gasteiger partial charge in [-0.1, -0.05) is 25.1 Å². The Labute approximate surface area is 98.2 Å². The Hall–Kier alpha value is -2.10. The minimum atomic E-state index is -0.571. The lowest BCUT2D eigenvalue weighted by Crippen LogP contribution is -2.19. The Morgan fingerprint density at radius 3 is 2.88 bits per heavy atom. The lowest BCUT2D eigenvalue weighted by atomic mass is 10.1. The van der Waals surface area contributed by atoms with Gasteiger partial charge in [0.25, 0.3) is 5.56 Å². The van der Waals surface area contributed by atoms with E-state index in [-0.39, 0.29) is 5.56 Å². The van der Waals surface area contributed by atoms with E-state index in [4.69, 9.17) is 4.74 Å². The molecule has 0 amide bonds. The number of hydrogen-bond acceptors (Lipinski definition) is 3. The van der Waals surface area contributed by atoms with Crippen molar-refractivity contribution in [2.75, 3.05) is 6.61 Å². The Morgan fingerprint density at radius 1 is 1.35 bits per heavy atom. The Kier molecular flexibility index (Phi) is 3.23. The van der Waals surface area contributed by atoms with Gasteiger partial charge in [0, 0.05) is 5.52 Å². The van der Waals surface area contributed by atoms with Gasteiger partial charge < -0.3 is 9.72 Å². The van der Waals surface area contributed by atoms with Crippen LogP contribution in [0, 0.1) is 0 Å². The fraction of sp³-hybridized carbons (Fsp3) is 0.231. The number of aromatic nitrogens is 1. The van der Waals surface area contributed by atoms with Crippen molar-refractivity contribution in [3.63, 3.8) is 0 Å². The van der Waals surface area contributed by atoms with Gasteiger partial charge >= 0.3 is 5.97 Å². The molecule has 1 N–H and O–H groups in total. The van der Waals surface area contributed by atoms with E-state index in [1.54, 1.807) is 12.1 Å². The van der Waals surface area contributed by atoms with E-state index in [0.29, 0.717) is 12.1 Å². The summed E-state index contributed by atoms with van der Waals surface area (Å²) in [6.45, 7) is 2.23. The lowest BCUT2D eigenvalue weighted by Gasteiger charge is -2.03. The van der Waals surface area contributed by atoms with Crippen LogP contribution in [0.3, 0.4) is 0 Å². The number of H-pyrrole nitrogens is 1. The SMILES string of the molecule is CCCOC(=O)c1cc2ccccc2[nH]c1=O. The maximum Gasteiger partial charge on any atom is 0.343 e. The molecule has 1 aromatic heterocycles. The van der Waals surface area contributed by atoms with Gasteiger partial charge in [-0.05, 0) is 23.9 Å². The number of rotatable bonds is 3. The predicted molar refractivity (Wildman–Crippen MR) is 65.1 cm³/mol. The molecule has 0 saturated heterocycles. The number of carbonyl (C=O) groups is 1. The molecule has 88 valence electrons. The molecule has 0 saturated carbocycles. The first-order valence-corrected chi connectivity index (χ1v) is 5.51. The van der Waals surface area contributed by atoms with Crippen molar-refractivity contribution in [1.29, 1.82) is 0 Å². The summed E-state index contributed by atoms with van der Waals surface area (Å²) in [5.41, 5.74) is 0.353. The number of pyridine rings is 1. The molecule has 2 rings (SSSR count). The van der Waals surface area contributed by atoms with Gasteiger partial charge in [0.05, 0.1) is 6.61 Å². The largest absolute Gasteiger partial charge is 0.462 e. The van der Waals surface area contributed by atoms with Crippen LogP contribution in [0.1, 0.15) is 23.7 Å². The molecule has 0 aliphatic carbocycles. The van der Waals surface area contributed by atoms with E-state index in [0.717, 1.165) is 11.8 Å². The fourth-order valence-electron chi connectivity index (χ4n) is 1.57. The summed E-state index contributed by atoms with van der Waals surface area (Å²) in [7, 11) is 0.